The topological polar surface area (TPSA) is 49.9 Å². The lowest BCUT2D eigenvalue weighted by Gasteiger charge is -2.49. The van der Waals surface area contributed by atoms with Crippen LogP contribution in [0, 0.1) is 5.92 Å². The number of amides is 2. The Morgan fingerprint density at radius 1 is 1.24 bits per heavy atom. The van der Waals surface area contributed by atoms with Crippen molar-refractivity contribution in [3.8, 4) is 0 Å². The number of fused-ring (bicyclic) bond motifs is 1. The molecule has 2 fully saturated rings. The number of benzene rings is 1. The highest BCUT2D eigenvalue weighted by Crippen LogP contribution is 2.41. The molecule has 0 N–H and O–H groups in total. The molecule has 1 aromatic carbocycles. The first-order chi connectivity index (χ1) is 11.7. The Morgan fingerprint density at radius 2 is 1.92 bits per heavy atom. The van der Waals surface area contributed by atoms with E-state index in [9.17, 15) is 9.59 Å². The summed E-state index contributed by atoms with van der Waals surface area (Å²) in [5.74, 6) is 0.401. The van der Waals surface area contributed by atoms with Crippen LogP contribution in [-0.2, 0) is 16.0 Å². The minimum Gasteiger partial charge on any atom is -0.444 e. The largest absolute Gasteiger partial charge is 0.444 e. The third-order valence-corrected chi connectivity index (χ3v) is 5.30. The van der Waals surface area contributed by atoms with Gasteiger partial charge < -0.3 is 14.5 Å². The molecule has 5 nitrogen and oxygen atoms in total. The van der Waals surface area contributed by atoms with Crippen molar-refractivity contribution in [3.05, 3.63) is 35.9 Å². The third kappa shape index (κ3) is 3.51. The predicted molar refractivity (Wildman–Crippen MR) is 96.2 cm³/mol. The molecule has 2 amide bonds. The summed E-state index contributed by atoms with van der Waals surface area (Å²) in [6, 6.07) is 10.2. The molecule has 2 saturated heterocycles. The van der Waals surface area contributed by atoms with Crippen molar-refractivity contribution in [2.45, 2.75) is 51.7 Å². The lowest BCUT2D eigenvalue weighted by molar-refractivity contribution is -0.134. The van der Waals surface area contributed by atoms with Crippen LogP contribution < -0.4 is 0 Å². The van der Waals surface area contributed by atoms with Crippen molar-refractivity contribution in [1.29, 1.82) is 0 Å². The van der Waals surface area contributed by atoms with Crippen LogP contribution in [0.4, 0.5) is 4.79 Å². The summed E-state index contributed by atoms with van der Waals surface area (Å²) in [5.41, 5.74) is 0.339. The standard InChI is InChI=1S/C20H28N2O3/c1-15-12-17(23)22-11-10-21(18(24)25-19(2,3)4)14-20(15,22)13-16-8-6-5-7-9-16/h5-9,15H,10-14H2,1-4H3. The number of nitrogens with zero attached hydrogens (tertiary/aromatic N) is 2. The highest BCUT2D eigenvalue weighted by atomic mass is 16.6. The molecule has 2 aliphatic rings. The van der Waals surface area contributed by atoms with E-state index in [4.69, 9.17) is 4.74 Å². The quantitative estimate of drug-likeness (QED) is 0.828. The SMILES string of the molecule is CC1CC(=O)N2CCN(C(=O)OC(C)(C)C)CC12Cc1ccccc1. The number of rotatable bonds is 2. The smallest absolute Gasteiger partial charge is 0.410 e. The maximum Gasteiger partial charge on any atom is 0.410 e. The molecular weight excluding hydrogens is 316 g/mol. The van der Waals surface area contributed by atoms with E-state index in [1.807, 2.05) is 43.9 Å². The molecule has 0 aliphatic carbocycles. The number of ether oxygens (including phenoxy) is 1. The van der Waals surface area contributed by atoms with Crippen molar-refractivity contribution in [2.24, 2.45) is 5.92 Å². The molecule has 3 rings (SSSR count). The Kier molecular flexibility index (Phi) is 4.52. The summed E-state index contributed by atoms with van der Waals surface area (Å²) in [4.78, 5) is 28.9. The van der Waals surface area contributed by atoms with Crippen LogP contribution in [0.25, 0.3) is 0 Å². The fourth-order valence-corrected chi connectivity index (χ4v) is 4.05. The monoisotopic (exact) mass is 344 g/mol. The predicted octanol–water partition coefficient (Wildman–Crippen LogP) is 3.09. The van der Waals surface area contributed by atoms with Crippen molar-refractivity contribution in [2.75, 3.05) is 19.6 Å². The van der Waals surface area contributed by atoms with Crippen molar-refractivity contribution >= 4 is 12.0 Å². The molecule has 25 heavy (non-hydrogen) atoms. The van der Waals surface area contributed by atoms with Crippen LogP contribution in [0.5, 0.6) is 0 Å². The van der Waals surface area contributed by atoms with Gasteiger partial charge in [-0.2, -0.15) is 0 Å². The van der Waals surface area contributed by atoms with Gasteiger partial charge in [-0.25, -0.2) is 4.79 Å². The van der Waals surface area contributed by atoms with Gasteiger partial charge in [0.05, 0.1) is 5.54 Å². The average molecular weight is 344 g/mol. The maximum absolute atomic E-state index is 12.6. The third-order valence-electron chi connectivity index (χ3n) is 5.30. The maximum atomic E-state index is 12.6. The number of hydrogen-bond acceptors (Lipinski definition) is 3. The molecule has 0 aromatic heterocycles. The van der Waals surface area contributed by atoms with Gasteiger partial charge in [0.25, 0.3) is 0 Å². The first-order valence-corrected chi connectivity index (χ1v) is 9.04. The average Bonchev–Trinajstić information content (AvgIpc) is 2.77. The normalized spacial score (nSPS) is 26.6. The number of piperazine rings is 1. The second kappa shape index (κ2) is 6.36. The zero-order chi connectivity index (χ0) is 18.2. The van der Waals surface area contributed by atoms with E-state index in [-0.39, 0.29) is 23.5 Å². The van der Waals surface area contributed by atoms with Crippen LogP contribution in [0.1, 0.15) is 39.7 Å². The van der Waals surface area contributed by atoms with Crippen LogP contribution in [0.3, 0.4) is 0 Å². The van der Waals surface area contributed by atoms with E-state index in [0.29, 0.717) is 26.1 Å². The lowest BCUT2D eigenvalue weighted by Crippen LogP contribution is -2.64. The first kappa shape index (κ1) is 17.8. The zero-order valence-electron chi connectivity index (χ0n) is 15.6. The molecule has 0 saturated carbocycles. The Balaban J connectivity index is 1.86. The molecule has 2 heterocycles. The van der Waals surface area contributed by atoms with Crippen molar-refractivity contribution in [1.82, 2.24) is 9.80 Å². The van der Waals surface area contributed by atoms with E-state index in [0.717, 1.165) is 6.42 Å². The van der Waals surface area contributed by atoms with Gasteiger partial charge >= 0.3 is 6.09 Å². The molecule has 136 valence electrons. The highest BCUT2D eigenvalue weighted by Gasteiger charge is 2.54. The summed E-state index contributed by atoms with van der Waals surface area (Å²) in [5, 5.41) is 0. The Bertz CT molecular complexity index is 653. The number of carbonyl (C=O) groups is 2. The molecule has 2 aliphatic heterocycles. The minimum atomic E-state index is -0.516. The van der Waals surface area contributed by atoms with Gasteiger partial charge in [-0.1, -0.05) is 37.3 Å². The summed E-state index contributed by atoms with van der Waals surface area (Å²) >= 11 is 0. The summed E-state index contributed by atoms with van der Waals surface area (Å²) < 4.78 is 5.57. The second-order valence-electron chi connectivity index (χ2n) is 8.32. The van der Waals surface area contributed by atoms with Gasteiger partial charge in [0.2, 0.25) is 5.91 Å². The fourth-order valence-electron chi connectivity index (χ4n) is 4.05. The van der Waals surface area contributed by atoms with E-state index in [1.165, 1.54) is 5.56 Å². The minimum absolute atomic E-state index is 0.199. The summed E-state index contributed by atoms with van der Waals surface area (Å²) in [7, 11) is 0. The number of hydrogen-bond donors (Lipinski definition) is 0. The molecule has 2 atom stereocenters. The molecule has 0 radical (unpaired) electrons. The fraction of sp³-hybridized carbons (Fsp3) is 0.600. The molecular formula is C20H28N2O3. The van der Waals surface area contributed by atoms with Gasteiger partial charge in [0.15, 0.2) is 0 Å². The van der Waals surface area contributed by atoms with Crippen molar-refractivity contribution in [3.63, 3.8) is 0 Å². The van der Waals surface area contributed by atoms with Gasteiger partial charge in [-0.15, -0.1) is 0 Å². The number of carbonyl (C=O) groups excluding carboxylic acids is 2. The van der Waals surface area contributed by atoms with Crippen LogP contribution in [-0.4, -0.2) is 52.6 Å². The van der Waals surface area contributed by atoms with E-state index in [2.05, 4.69) is 19.1 Å². The van der Waals surface area contributed by atoms with Gasteiger partial charge in [0, 0.05) is 26.1 Å². The van der Waals surface area contributed by atoms with Crippen LogP contribution >= 0.6 is 0 Å². The molecule has 0 spiro atoms. The van der Waals surface area contributed by atoms with Gasteiger partial charge in [-0.05, 0) is 38.7 Å². The van der Waals surface area contributed by atoms with Crippen LogP contribution in [0.15, 0.2) is 30.3 Å². The first-order valence-electron chi connectivity index (χ1n) is 9.04. The zero-order valence-corrected chi connectivity index (χ0v) is 15.6. The van der Waals surface area contributed by atoms with Crippen molar-refractivity contribution < 1.29 is 14.3 Å². The summed E-state index contributed by atoms with van der Waals surface area (Å²) in [6.45, 7) is 9.40. The second-order valence-corrected chi connectivity index (χ2v) is 8.32. The van der Waals surface area contributed by atoms with Gasteiger partial charge in [0.1, 0.15) is 5.60 Å². The Labute approximate surface area is 149 Å². The molecule has 0 bridgehead atoms. The molecule has 2 unspecified atom stereocenters. The van der Waals surface area contributed by atoms with E-state index >= 15 is 0 Å². The molecule has 5 heteroatoms. The molecule has 1 aromatic rings. The highest BCUT2D eigenvalue weighted by molar-refractivity contribution is 5.81. The van der Waals surface area contributed by atoms with E-state index < -0.39 is 5.60 Å². The lowest BCUT2D eigenvalue weighted by atomic mass is 9.79. The van der Waals surface area contributed by atoms with E-state index in [1.54, 1.807) is 4.90 Å². The summed E-state index contributed by atoms with van der Waals surface area (Å²) in [6.07, 6.45) is 1.03. The Hall–Kier alpha value is -2.04. The van der Waals surface area contributed by atoms with Crippen LogP contribution in [0.2, 0.25) is 0 Å². The van der Waals surface area contributed by atoms with Gasteiger partial charge in [-0.3, -0.25) is 4.79 Å². The Morgan fingerprint density at radius 3 is 2.56 bits per heavy atom.